The molecule has 6 nitrogen and oxygen atoms in total. The lowest BCUT2D eigenvalue weighted by Gasteiger charge is -2.09. The number of aryl methyl sites for hydroxylation is 1. The Balaban J connectivity index is 1.63. The van der Waals surface area contributed by atoms with Gasteiger partial charge < -0.3 is 14.6 Å². The fourth-order valence-corrected chi connectivity index (χ4v) is 2.76. The average molecular weight is 378 g/mol. The van der Waals surface area contributed by atoms with Crippen LogP contribution in [0.25, 0.3) is 11.3 Å². The van der Waals surface area contributed by atoms with Crippen molar-refractivity contribution in [2.24, 2.45) is 0 Å². The number of amides is 1. The summed E-state index contributed by atoms with van der Waals surface area (Å²) >= 11 is 0. The number of carbonyl (C=O) groups is 2. The summed E-state index contributed by atoms with van der Waals surface area (Å²) in [6.45, 7) is 5.43. The summed E-state index contributed by atoms with van der Waals surface area (Å²) in [6, 6.07) is 16.8. The van der Waals surface area contributed by atoms with Crippen LogP contribution in [0, 0.1) is 6.92 Å². The Morgan fingerprint density at radius 3 is 2.39 bits per heavy atom. The number of anilines is 1. The molecule has 1 amide bonds. The number of benzene rings is 2. The molecule has 0 radical (unpaired) electrons. The fourth-order valence-electron chi connectivity index (χ4n) is 2.76. The van der Waals surface area contributed by atoms with Crippen molar-refractivity contribution in [2.75, 3.05) is 11.9 Å². The first-order chi connectivity index (χ1) is 13.5. The van der Waals surface area contributed by atoms with Gasteiger partial charge in [0.15, 0.2) is 6.61 Å². The van der Waals surface area contributed by atoms with E-state index in [1.165, 1.54) is 5.56 Å². The van der Waals surface area contributed by atoms with E-state index in [0.717, 1.165) is 5.56 Å². The van der Waals surface area contributed by atoms with Crippen LogP contribution in [0.5, 0.6) is 0 Å². The van der Waals surface area contributed by atoms with Crippen molar-refractivity contribution >= 4 is 17.6 Å². The molecule has 0 bridgehead atoms. The van der Waals surface area contributed by atoms with E-state index in [2.05, 4.69) is 24.3 Å². The fraction of sp³-hybridized carbons (Fsp3) is 0.227. The minimum Gasteiger partial charge on any atom is -0.452 e. The van der Waals surface area contributed by atoms with Crippen LogP contribution in [-0.2, 0) is 9.53 Å². The summed E-state index contributed by atoms with van der Waals surface area (Å²) in [6.07, 6.45) is 0. The number of carbonyl (C=O) groups excluding carboxylic acids is 2. The monoisotopic (exact) mass is 378 g/mol. The largest absolute Gasteiger partial charge is 0.452 e. The summed E-state index contributed by atoms with van der Waals surface area (Å²) in [4.78, 5) is 24.6. The van der Waals surface area contributed by atoms with Crippen LogP contribution in [0.3, 0.4) is 0 Å². The maximum absolute atomic E-state index is 12.5. The minimum atomic E-state index is -0.650. The first kappa shape index (κ1) is 19.4. The zero-order valence-corrected chi connectivity index (χ0v) is 16.1. The minimum absolute atomic E-state index is 0.222. The molecule has 3 rings (SSSR count). The number of nitrogens with one attached hydrogen (secondary N) is 1. The molecule has 0 unspecified atom stereocenters. The van der Waals surface area contributed by atoms with Crippen LogP contribution in [0.15, 0.2) is 59.1 Å². The van der Waals surface area contributed by atoms with Crippen LogP contribution < -0.4 is 5.32 Å². The third kappa shape index (κ3) is 4.46. The highest BCUT2D eigenvalue weighted by molar-refractivity contribution is 5.99. The van der Waals surface area contributed by atoms with Gasteiger partial charge in [-0.1, -0.05) is 61.5 Å². The quantitative estimate of drug-likeness (QED) is 0.636. The van der Waals surface area contributed by atoms with Gasteiger partial charge in [0, 0.05) is 11.3 Å². The Morgan fingerprint density at radius 1 is 1.07 bits per heavy atom. The average Bonchev–Trinajstić information content (AvgIpc) is 3.09. The number of hydrogen-bond acceptors (Lipinski definition) is 5. The number of ether oxygens (including phenoxy) is 1. The molecule has 1 heterocycles. The first-order valence-corrected chi connectivity index (χ1v) is 9.04. The van der Waals surface area contributed by atoms with Crippen molar-refractivity contribution in [1.82, 2.24) is 5.16 Å². The van der Waals surface area contributed by atoms with Crippen LogP contribution >= 0.6 is 0 Å². The molecule has 0 aliphatic carbocycles. The maximum atomic E-state index is 12.5. The van der Waals surface area contributed by atoms with E-state index in [0.29, 0.717) is 23.1 Å². The highest BCUT2D eigenvalue weighted by Gasteiger charge is 2.23. The van der Waals surface area contributed by atoms with Crippen LogP contribution in [0.4, 0.5) is 5.69 Å². The third-order valence-corrected chi connectivity index (χ3v) is 4.31. The zero-order valence-electron chi connectivity index (χ0n) is 16.1. The van der Waals surface area contributed by atoms with Gasteiger partial charge >= 0.3 is 5.97 Å². The van der Waals surface area contributed by atoms with Crippen molar-refractivity contribution in [1.29, 1.82) is 0 Å². The van der Waals surface area contributed by atoms with Crippen molar-refractivity contribution in [3.05, 3.63) is 71.5 Å². The Hall–Kier alpha value is -3.41. The Kier molecular flexibility index (Phi) is 5.89. The molecular formula is C22H22N2O4. The second kappa shape index (κ2) is 8.52. The predicted octanol–water partition coefficient (Wildman–Crippen LogP) is 4.57. The summed E-state index contributed by atoms with van der Waals surface area (Å²) in [7, 11) is 0. The Bertz CT molecular complexity index is 960. The second-order valence-electron chi connectivity index (χ2n) is 6.73. The normalized spacial score (nSPS) is 10.7. The van der Waals surface area contributed by atoms with Gasteiger partial charge in [-0.15, -0.1) is 0 Å². The van der Waals surface area contributed by atoms with E-state index < -0.39 is 18.5 Å². The van der Waals surface area contributed by atoms with Crippen molar-refractivity contribution in [3.8, 4) is 11.3 Å². The number of rotatable bonds is 6. The molecule has 0 aliphatic heterocycles. The molecule has 0 spiro atoms. The third-order valence-electron chi connectivity index (χ3n) is 4.31. The number of hydrogen-bond donors (Lipinski definition) is 1. The topological polar surface area (TPSA) is 81.4 Å². The lowest BCUT2D eigenvalue weighted by atomic mass is 10.0. The van der Waals surface area contributed by atoms with Gasteiger partial charge in [0.25, 0.3) is 5.91 Å². The first-order valence-electron chi connectivity index (χ1n) is 9.04. The number of esters is 1. The van der Waals surface area contributed by atoms with Gasteiger partial charge in [0.2, 0.25) is 0 Å². The second-order valence-corrected chi connectivity index (χ2v) is 6.73. The van der Waals surface area contributed by atoms with E-state index in [9.17, 15) is 9.59 Å². The van der Waals surface area contributed by atoms with E-state index >= 15 is 0 Å². The van der Waals surface area contributed by atoms with Gasteiger partial charge in [-0.3, -0.25) is 4.79 Å². The molecule has 0 aliphatic rings. The van der Waals surface area contributed by atoms with Crippen molar-refractivity contribution in [3.63, 3.8) is 0 Å². The van der Waals surface area contributed by atoms with Crippen LogP contribution in [0.2, 0.25) is 0 Å². The maximum Gasteiger partial charge on any atom is 0.344 e. The molecule has 3 aromatic rings. The number of nitrogens with zero attached hydrogens (tertiary/aromatic N) is 1. The molecule has 0 saturated carbocycles. The van der Waals surface area contributed by atoms with Gasteiger partial charge in [-0.05, 0) is 30.5 Å². The van der Waals surface area contributed by atoms with Gasteiger partial charge in [0.1, 0.15) is 17.0 Å². The van der Waals surface area contributed by atoms with Gasteiger partial charge in [-0.25, -0.2) is 4.79 Å². The zero-order chi connectivity index (χ0) is 20.1. The summed E-state index contributed by atoms with van der Waals surface area (Å²) in [5.41, 5.74) is 3.19. The molecule has 1 N–H and O–H groups in total. The van der Waals surface area contributed by atoms with E-state index in [1.807, 2.05) is 54.6 Å². The summed E-state index contributed by atoms with van der Waals surface area (Å²) < 4.78 is 10.3. The molecular weight excluding hydrogens is 356 g/mol. The van der Waals surface area contributed by atoms with Crippen molar-refractivity contribution in [2.45, 2.75) is 26.7 Å². The number of aromatic nitrogens is 1. The van der Waals surface area contributed by atoms with Crippen LogP contribution in [0.1, 0.15) is 41.4 Å². The van der Waals surface area contributed by atoms with Gasteiger partial charge in [-0.2, -0.15) is 0 Å². The summed E-state index contributed by atoms with van der Waals surface area (Å²) in [5, 5.41) is 6.66. The Labute approximate surface area is 163 Å². The molecule has 144 valence electrons. The molecule has 6 heteroatoms. The van der Waals surface area contributed by atoms with E-state index in [1.54, 1.807) is 6.92 Å². The van der Waals surface area contributed by atoms with Crippen LogP contribution in [-0.4, -0.2) is 23.6 Å². The summed E-state index contributed by atoms with van der Waals surface area (Å²) in [5.74, 6) is -0.311. The van der Waals surface area contributed by atoms with E-state index in [4.69, 9.17) is 9.26 Å². The van der Waals surface area contributed by atoms with E-state index in [-0.39, 0.29) is 5.56 Å². The molecule has 0 atom stereocenters. The molecule has 2 aromatic carbocycles. The lowest BCUT2D eigenvalue weighted by Crippen LogP contribution is -2.21. The molecule has 1 aromatic heterocycles. The van der Waals surface area contributed by atoms with Gasteiger partial charge in [0.05, 0.1) is 0 Å². The smallest absolute Gasteiger partial charge is 0.344 e. The molecule has 0 saturated heterocycles. The molecule has 28 heavy (non-hydrogen) atoms. The Morgan fingerprint density at radius 2 is 1.75 bits per heavy atom. The van der Waals surface area contributed by atoms with Crippen molar-refractivity contribution < 1.29 is 18.8 Å². The molecule has 0 fully saturated rings. The predicted molar refractivity (Wildman–Crippen MR) is 106 cm³/mol. The highest BCUT2D eigenvalue weighted by Crippen LogP contribution is 2.25. The standard InChI is InChI=1S/C22H22N2O4/c1-14(2)16-9-11-18(12-10-16)23-19(25)13-27-22(26)20-15(3)28-24-21(20)17-7-5-4-6-8-17/h4-12,14H,13H2,1-3H3,(H,23,25). The SMILES string of the molecule is Cc1onc(-c2ccccc2)c1C(=O)OCC(=O)Nc1ccc(C(C)C)cc1. The highest BCUT2D eigenvalue weighted by atomic mass is 16.5. The lowest BCUT2D eigenvalue weighted by molar-refractivity contribution is -0.119.